The van der Waals surface area contributed by atoms with Crippen molar-refractivity contribution in [3.63, 3.8) is 0 Å². The molecule has 0 aliphatic carbocycles. The predicted octanol–water partition coefficient (Wildman–Crippen LogP) is 2.25. The summed E-state index contributed by atoms with van der Waals surface area (Å²) in [6, 6.07) is 4.04. The summed E-state index contributed by atoms with van der Waals surface area (Å²) in [5, 5.41) is 3.36. The molecule has 0 bridgehead atoms. The molecule has 0 atom stereocenters. The monoisotopic (exact) mass is 350 g/mol. The Hall–Kier alpha value is -1.95. The Balaban J connectivity index is 2.19. The molecule has 0 spiro atoms. The van der Waals surface area contributed by atoms with Crippen LogP contribution in [0.3, 0.4) is 0 Å². The summed E-state index contributed by atoms with van der Waals surface area (Å²) in [5.74, 6) is 1.86. The van der Waals surface area contributed by atoms with Gasteiger partial charge in [0.25, 0.3) is 0 Å². The maximum absolute atomic E-state index is 12.9. The van der Waals surface area contributed by atoms with E-state index >= 15 is 0 Å². The summed E-state index contributed by atoms with van der Waals surface area (Å²) < 4.78 is 16.1. The molecule has 1 heterocycles. The van der Waals surface area contributed by atoms with Crippen LogP contribution in [0.2, 0.25) is 0 Å². The number of nitrogens with one attached hydrogen (secondary N) is 1. The number of nitrogens with zero attached hydrogens (tertiary/aromatic N) is 1. The van der Waals surface area contributed by atoms with Gasteiger partial charge in [-0.1, -0.05) is 6.92 Å². The highest BCUT2D eigenvalue weighted by molar-refractivity contribution is 5.79. The molecule has 1 saturated heterocycles. The summed E-state index contributed by atoms with van der Waals surface area (Å²) in [7, 11) is 4.74. The quantitative estimate of drug-likeness (QED) is 0.779. The number of rotatable bonds is 8. The van der Waals surface area contributed by atoms with Crippen LogP contribution in [0.25, 0.3) is 0 Å². The minimum Gasteiger partial charge on any atom is -0.493 e. The second-order valence-electron chi connectivity index (χ2n) is 6.28. The van der Waals surface area contributed by atoms with Crippen LogP contribution in [0.15, 0.2) is 12.1 Å². The van der Waals surface area contributed by atoms with Gasteiger partial charge in [0.05, 0.1) is 27.8 Å². The second kappa shape index (κ2) is 9.51. The van der Waals surface area contributed by atoms with Gasteiger partial charge in [-0.2, -0.15) is 0 Å². The minimum absolute atomic E-state index is 0.156. The van der Waals surface area contributed by atoms with Crippen LogP contribution in [0.4, 0.5) is 0 Å². The highest BCUT2D eigenvalue weighted by atomic mass is 16.5. The van der Waals surface area contributed by atoms with Crippen molar-refractivity contribution >= 4 is 5.91 Å². The number of carbonyl (C=O) groups is 1. The fourth-order valence-electron chi connectivity index (χ4n) is 3.38. The molecule has 1 amide bonds. The van der Waals surface area contributed by atoms with Gasteiger partial charge in [0.1, 0.15) is 0 Å². The molecule has 2 rings (SSSR count). The smallest absolute Gasteiger partial charge is 0.227 e. The standard InChI is InChI=1S/C19H30N2O4/c1-5-10-21(15-6-8-20-9-7-15)18(22)13-14-11-16(23-2)19(25-4)17(12-14)24-3/h11-12,15,20H,5-10,13H2,1-4H3. The summed E-state index contributed by atoms with van der Waals surface area (Å²) in [5.41, 5.74) is 0.870. The summed E-state index contributed by atoms with van der Waals surface area (Å²) in [6.45, 7) is 4.86. The summed E-state index contributed by atoms with van der Waals surface area (Å²) in [4.78, 5) is 15.0. The lowest BCUT2D eigenvalue weighted by molar-refractivity contribution is -0.133. The molecular formula is C19H30N2O4. The Labute approximate surface area is 150 Å². The van der Waals surface area contributed by atoms with Crippen molar-refractivity contribution in [1.29, 1.82) is 0 Å². The van der Waals surface area contributed by atoms with E-state index < -0.39 is 0 Å². The first-order valence-corrected chi connectivity index (χ1v) is 8.93. The van der Waals surface area contributed by atoms with Crippen molar-refractivity contribution in [2.24, 2.45) is 0 Å². The molecule has 1 aliphatic heterocycles. The number of benzene rings is 1. The lowest BCUT2D eigenvalue weighted by Gasteiger charge is -2.34. The third-order valence-electron chi connectivity index (χ3n) is 4.61. The zero-order valence-electron chi connectivity index (χ0n) is 15.8. The molecule has 1 aromatic rings. The van der Waals surface area contributed by atoms with Gasteiger partial charge in [0, 0.05) is 12.6 Å². The first kappa shape index (κ1) is 19.4. The van der Waals surface area contributed by atoms with E-state index in [4.69, 9.17) is 14.2 Å². The van der Waals surface area contributed by atoms with Gasteiger partial charge in [-0.05, 0) is 50.0 Å². The van der Waals surface area contributed by atoms with Crippen LogP contribution >= 0.6 is 0 Å². The van der Waals surface area contributed by atoms with Crippen LogP contribution in [-0.4, -0.2) is 57.8 Å². The van der Waals surface area contributed by atoms with Crippen LogP contribution in [0, 0.1) is 0 Å². The van der Waals surface area contributed by atoms with Gasteiger partial charge in [-0.15, -0.1) is 0 Å². The van der Waals surface area contributed by atoms with Crippen molar-refractivity contribution in [2.75, 3.05) is 41.0 Å². The largest absolute Gasteiger partial charge is 0.493 e. The van der Waals surface area contributed by atoms with E-state index in [1.165, 1.54) is 0 Å². The number of hydrogen-bond donors (Lipinski definition) is 1. The van der Waals surface area contributed by atoms with Gasteiger partial charge in [-0.25, -0.2) is 0 Å². The van der Waals surface area contributed by atoms with E-state index in [0.717, 1.165) is 44.5 Å². The molecular weight excluding hydrogens is 320 g/mol. The summed E-state index contributed by atoms with van der Waals surface area (Å²) in [6.07, 6.45) is 3.33. The van der Waals surface area contributed by atoms with Crippen LogP contribution in [0.5, 0.6) is 17.2 Å². The fourth-order valence-corrected chi connectivity index (χ4v) is 3.38. The minimum atomic E-state index is 0.156. The molecule has 25 heavy (non-hydrogen) atoms. The Bertz CT molecular complexity index is 546. The van der Waals surface area contributed by atoms with Crippen LogP contribution < -0.4 is 19.5 Å². The summed E-state index contributed by atoms with van der Waals surface area (Å²) >= 11 is 0. The number of amides is 1. The van der Waals surface area contributed by atoms with Crippen molar-refractivity contribution in [3.8, 4) is 17.2 Å². The number of ether oxygens (including phenoxy) is 3. The SMILES string of the molecule is CCCN(C(=O)Cc1cc(OC)c(OC)c(OC)c1)C1CCNCC1. The third-order valence-corrected chi connectivity index (χ3v) is 4.61. The molecule has 6 heteroatoms. The van der Waals surface area contributed by atoms with Crippen molar-refractivity contribution in [3.05, 3.63) is 17.7 Å². The number of piperidine rings is 1. The van der Waals surface area contributed by atoms with E-state index in [-0.39, 0.29) is 5.91 Å². The topological polar surface area (TPSA) is 60.0 Å². The molecule has 6 nitrogen and oxygen atoms in total. The zero-order chi connectivity index (χ0) is 18.2. The Morgan fingerprint density at radius 3 is 2.20 bits per heavy atom. The molecule has 1 N–H and O–H groups in total. The first-order valence-electron chi connectivity index (χ1n) is 8.93. The molecule has 1 fully saturated rings. The van der Waals surface area contributed by atoms with Crippen LogP contribution in [-0.2, 0) is 11.2 Å². The van der Waals surface area contributed by atoms with Gasteiger partial charge in [-0.3, -0.25) is 4.79 Å². The Morgan fingerprint density at radius 1 is 1.12 bits per heavy atom. The number of methoxy groups -OCH3 is 3. The maximum atomic E-state index is 12.9. The van der Waals surface area contributed by atoms with Crippen molar-refractivity contribution in [1.82, 2.24) is 10.2 Å². The lowest BCUT2D eigenvalue weighted by Crippen LogP contribution is -2.47. The van der Waals surface area contributed by atoms with Crippen molar-refractivity contribution in [2.45, 2.75) is 38.6 Å². The maximum Gasteiger partial charge on any atom is 0.227 e. The van der Waals surface area contributed by atoms with Gasteiger partial charge < -0.3 is 24.4 Å². The Morgan fingerprint density at radius 2 is 1.72 bits per heavy atom. The van der Waals surface area contributed by atoms with Gasteiger partial charge in [0.2, 0.25) is 11.7 Å². The second-order valence-corrected chi connectivity index (χ2v) is 6.28. The lowest BCUT2D eigenvalue weighted by atomic mass is 10.0. The fraction of sp³-hybridized carbons (Fsp3) is 0.632. The molecule has 0 radical (unpaired) electrons. The average molecular weight is 350 g/mol. The predicted molar refractivity (Wildman–Crippen MR) is 97.7 cm³/mol. The molecule has 0 saturated carbocycles. The van der Waals surface area contributed by atoms with Crippen molar-refractivity contribution < 1.29 is 19.0 Å². The molecule has 1 aliphatic rings. The normalized spacial score (nSPS) is 14.9. The highest BCUT2D eigenvalue weighted by Gasteiger charge is 2.25. The molecule has 140 valence electrons. The molecule has 0 unspecified atom stereocenters. The Kier molecular flexibility index (Phi) is 7.37. The van der Waals surface area contributed by atoms with E-state index in [1.807, 2.05) is 17.0 Å². The van der Waals surface area contributed by atoms with Gasteiger partial charge >= 0.3 is 0 Å². The average Bonchev–Trinajstić information content (AvgIpc) is 2.65. The highest BCUT2D eigenvalue weighted by Crippen LogP contribution is 2.38. The number of carbonyl (C=O) groups excluding carboxylic acids is 1. The third kappa shape index (κ3) is 4.78. The van der Waals surface area contributed by atoms with Gasteiger partial charge in [0.15, 0.2) is 11.5 Å². The van der Waals surface area contributed by atoms with E-state index in [2.05, 4.69) is 12.2 Å². The first-order chi connectivity index (χ1) is 12.1. The van der Waals surface area contributed by atoms with E-state index in [0.29, 0.717) is 29.7 Å². The molecule has 0 aromatic heterocycles. The zero-order valence-corrected chi connectivity index (χ0v) is 15.8. The van der Waals surface area contributed by atoms with E-state index in [1.54, 1.807) is 21.3 Å². The number of hydrogen-bond acceptors (Lipinski definition) is 5. The molecule has 1 aromatic carbocycles. The van der Waals surface area contributed by atoms with Crippen LogP contribution in [0.1, 0.15) is 31.7 Å². The van der Waals surface area contributed by atoms with E-state index in [9.17, 15) is 4.79 Å².